The first-order chi connectivity index (χ1) is 9.92. The Kier molecular flexibility index (Phi) is 4.80. The number of aromatic nitrogens is 4. The van der Waals surface area contributed by atoms with Gasteiger partial charge in [0.15, 0.2) is 0 Å². The standard InChI is InChI=1S/C15H26N6/c1-10(2)21-7-6-13(19-21)8-14(17-16)9-15-11(3)18-20(5)12(15)4/h6-7,10,14,17H,8-9,16H2,1-5H3. The maximum atomic E-state index is 5.73. The van der Waals surface area contributed by atoms with Crippen LogP contribution < -0.4 is 11.3 Å². The molecule has 0 bridgehead atoms. The summed E-state index contributed by atoms with van der Waals surface area (Å²) in [5.41, 5.74) is 7.51. The Morgan fingerprint density at radius 2 is 1.95 bits per heavy atom. The van der Waals surface area contributed by atoms with Crippen LogP contribution in [0, 0.1) is 13.8 Å². The van der Waals surface area contributed by atoms with Gasteiger partial charge in [-0.05, 0) is 45.7 Å². The summed E-state index contributed by atoms with van der Waals surface area (Å²) in [6, 6.07) is 2.60. The van der Waals surface area contributed by atoms with E-state index in [4.69, 9.17) is 5.84 Å². The van der Waals surface area contributed by atoms with Gasteiger partial charge in [-0.1, -0.05) is 0 Å². The Hall–Kier alpha value is -1.66. The molecule has 0 aromatic carbocycles. The quantitative estimate of drug-likeness (QED) is 0.623. The summed E-state index contributed by atoms with van der Waals surface area (Å²) in [5.74, 6) is 5.73. The monoisotopic (exact) mass is 290 g/mol. The van der Waals surface area contributed by atoms with Crippen molar-refractivity contribution in [3.8, 4) is 0 Å². The van der Waals surface area contributed by atoms with Crippen molar-refractivity contribution in [2.45, 2.75) is 52.6 Å². The molecular weight excluding hydrogens is 264 g/mol. The van der Waals surface area contributed by atoms with Crippen molar-refractivity contribution < 1.29 is 0 Å². The van der Waals surface area contributed by atoms with Crippen LogP contribution in [0.25, 0.3) is 0 Å². The number of nitrogens with one attached hydrogen (secondary N) is 1. The van der Waals surface area contributed by atoms with E-state index in [0.29, 0.717) is 6.04 Å². The summed E-state index contributed by atoms with van der Waals surface area (Å²) in [7, 11) is 1.97. The first kappa shape index (κ1) is 15.7. The Morgan fingerprint density at radius 3 is 2.43 bits per heavy atom. The fraction of sp³-hybridized carbons (Fsp3) is 0.600. The predicted octanol–water partition coefficient (Wildman–Crippen LogP) is 1.43. The summed E-state index contributed by atoms with van der Waals surface area (Å²) in [4.78, 5) is 0. The topological polar surface area (TPSA) is 73.7 Å². The predicted molar refractivity (Wildman–Crippen MR) is 83.8 cm³/mol. The number of nitrogens with two attached hydrogens (primary N) is 1. The van der Waals surface area contributed by atoms with Crippen molar-refractivity contribution in [3.05, 3.63) is 34.9 Å². The zero-order valence-electron chi connectivity index (χ0n) is 13.6. The van der Waals surface area contributed by atoms with Gasteiger partial charge in [-0.2, -0.15) is 10.2 Å². The third-order valence-corrected chi connectivity index (χ3v) is 3.99. The molecular formula is C15H26N6. The normalized spacial score (nSPS) is 13.1. The molecule has 6 nitrogen and oxygen atoms in total. The molecule has 2 rings (SSSR count). The van der Waals surface area contributed by atoms with Gasteiger partial charge in [0.05, 0.1) is 11.4 Å². The molecule has 116 valence electrons. The fourth-order valence-corrected chi connectivity index (χ4v) is 2.58. The highest BCUT2D eigenvalue weighted by atomic mass is 15.3. The van der Waals surface area contributed by atoms with Gasteiger partial charge < -0.3 is 0 Å². The van der Waals surface area contributed by atoms with E-state index in [9.17, 15) is 0 Å². The maximum absolute atomic E-state index is 5.73. The second-order valence-corrected chi connectivity index (χ2v) is 5.93. The van der Waals surface area contributed by atoms with Crippen molar-refractivity contribution in [3.63, 3.8) is 0 Å². The minimum absolute atomic E-state index is 0.155. The third kappa shape index (κ3) is 3.51. The Morgan fingerprint density at radius 1 is 1.24 bits per heavy atom. The van der Waals surface area contributed by atoms with Crippen molar-refractivity contribution >= 4 is 0 Å². The molecule has 0 aliphatic rings. The van der Waals surface area contributed by atoms with Crippen LogP contribution >= 0.6 is 0 Å². The van der Waals surface area contributed by atoms with Crippen LogP contribution in [-0.2, 0) is 19.9 Å². The van der Waals surface area contributed by atoms with Crippen molar-refractivity contribution in [2.75, 3.05) is 0 Å². The van der Waals surface area contributed by atoms with Crippen molar-refractivity contribution in [2.24, 2.45) is 12.9 Å². The molecule has 0 aliphatic heterocycles. The molecule has 2 heterocycles. The number of hydrogen-bond acceptors (Lipinski definition) is 4. The van der Waals surface area contributed by atoms with Crippen LogP contribution in [0.15, 0.2) is 12.3 Å². The molecule has 0 saturated carbocycles. The minimum atomic E-state index is 0.155. The van der Waals surface area contributed by atoms with Gasteiger partial charge in [-0.25, -0.2) is 0 Å². The van der Waals surface area contributed by atoms with E-state index < -0.39 is 0 Å². The maximum Gasteiger partial charge on any atom is 0.0640 e. The summed E-state index contributed by atoms with van der Waals surface area (Å²) in [6.45, 7) is 8.38. The van der Waals surface area contributed by atoms with Crippen LogP contribution in [0.2, 0.25) is 0 Å². The lowest BCUT2D eigenvalue weighted by atomic mass is 10.0. The average Bonchev–Trinajstić information content (AvgIpc) is 2.98. The van der Waals surface area contributed by atoms with Gasteiger partial charge in [0.1, 0.15) is 0 Å². The highest BCUT2D eigenvalue weighted by Crippen LogP contribution is 2.16. The lowest BCUT2D eigenvalue weighted by molar-refractivity contribution is 0.494. The molecule has 0 saturated heterocycles. The molecule has 0 fully saturated rings. The minimum Gasteiger partial charge on any atom is -0.272 e. The smallest absolute Gasteiger partial charge is 0.0640 e. The molecule has 1 atom stereocenters. The van der Waals surface area contributed by atoms with Gasteiger partial charge >= 0.3 is 0 Å². The second kappa shape index (κ2) is 6.41. The van der Waals surface area contributed by atoms with E-state index in [1.807, 2.05) is 29.5 Å². The molecule has 0 radical (unpaired) electrons. The van der Waals surface area contributed by atoms with E-state index in [1.54, 1.807) is 0 Å². The largest absolute Gasteiger partial charge is 0.272 e. The average molecular weight is 290 g/mol. The highest BCUT2D eigenvalue weighted by Gasteiger charge is 2.16. The Labute approximate surface area is 126 Å². The van der Waals surface area contributed by atoms with E-state index in [1.165, 1.54) is 11.3 Å². The van der Waals surface area contributed by atoms with E-state index in [2.05, 4.69) is 42.5 Å². The molecule has 3 N–H and O–H groups in total. The number of hydrogen-bond donors (Lipinski definition) is 2. The first-order valence-electron chi connectivity index (χ1n) is 7.41. The summed E-state index contributed by atoms with van der Waals surface area (Å²) >= 11 is 0. The summed E-state index contributed by atoms with van der Waals surface area (Å²) in [6.07, 6.45) is 3.69. The number of hydrazine groups is 1. The molecule has 21 heavy (non-hydrogen) atoms. The molecule has 0 aliphatic carbocycles. The summed E-state index contributed by atoms with van der Waals surface area (Å²) in [5, 5.41) is 9.05. The molecule has 0 spiro atoms. The molecule has 2 aromatic rings. The lowest BCUT2D eigenvalue weighted by Crippen LogP contribution is -2.38. The molecule has 0 amide bonds. The van der Waals surface area contributed by atoms with Crippen LogP contribution in [0.1, 0.15) is 42.5 Å². The SMILES string of the molecule is Cc1nn(C)c(C)c1CC(Cc1ccn(C(C)C)n1)NN. The van der Waals surface area contributed by atoms with Crippen molar-refractivity contribution in [1.29, 1.82) is 0 Å². The van der Waals surface area contributed by atoms with Gasteiger partial charge in [0.25, 0.3) is 0 Å². The van der Waals surface area contributed by atoms with Gasteiger partial charge in [-0.15, -0.1) is 0 Å². The highest BCUT2D eigenvalue weighted by molar-refractivity contribution is 5.25. The molecule has 1 unspecified atom stereocenters. The summed E-state index contributed by atoms with van der Waals surface area (Å²) < 4.78 is 3.90. The Bertz CT molecular complexity index is 595. The third-order valence-electron chi connectivity index (χ3n) is 3.99. The van der Waals surface area contributed by atoms with Crippen LogP contribution in [-0.4, -0.2) is 25.6 Å². The number of nitrogens with zero attached hydrogens (tertiary/aromatic N) is 4. The van der Waals surface area contributed by atoms with Crippen molar-refractivity contribution in [1.82, 2.24) is 25.0 Å². The number of rotatable bonds is 6. The van der Waals surface area contributed by atoms with Gasteiger partial charge in [0.2, 0.25) is 0 Å². The van der Waals surface area contributed by atoms with E-state index >= 15 is 0 Å². The van der Waals surface area contributed by atoms with Gasteiger partial charge in [0, 0.05) is 37.4 Å². The van der Waals surface area contributed by atoms with Crippen LogP contribution in [0.3, 0.4) is 0 Å². The van der Waals surface area contributed by atoms with E-state index in [-0.39, 0.29) is 6.04 Å². The molecule has 6 heteroatoms. The van der Waals surface area contributed by atoms with Gasteiger partial charge in [-0.3, -0.25) is 20.6 Å². The zero-order valence-corrected chi connectivity index (χ0v) is 13.6. The molecule has 2 aromatic heterocycles. The fourth-order valence-electron chi connectivity index (χ4n) is 2.58. The Balaban J connectivity index is 2.09. The number of aryl methyl sites for hydroxylation is 2. The van der Waals surface area contributed by atoms with Crippen LogP contribution in [0.5, 0.6) is 0 Å². The zero-order chi connectivity index (χ0) is 15.6. The lowest BCUT2D eigenvalue weighted by Gasteiger charge is -2.15. The first-order valence-corrected chi connectivity index (χ1v) is 7.41. The second-order valence-electron chi connectivity index (χ2n) is 5.93. The van der Waals surface area contributed by atoms with Crippen LogP contribution in [0.4, 0.5) is 0 Å². The van der Waals surface area contributed by atoms with E-state index in [0.717, 1.165) is 24.2 Å².